The maximum atomic E-state index is 13.1. The van der Waals surface area contributed by atoms with Crippen molar-refractivity contribution in [2.75, 3.05) is 46.4 Å². The second-order valence-electron chi connectivity index (χ2n) is 9.16. The number of nitrogens with one attached hydrogen (secondary N) is 1. The van der Waals surface area contributed by atoms with Gasteiger partial charge in [0.1, 0.15) is 0 Å². The Kier molecular flexibility index (Phi) is 6.40. The molecule has 0 radical (unpaired) electrons. The van der Waals surface area contributed by atoms with E-state index < -0.39 is 17.6 Å². The van der Waals surface area contributed by atoms with E-state index in [9.17, 15) is 24.3 Å². The van der Waals surface area contributed by atoms with Crippen LogP contribution in [0, 0.1) is 0 Å². The van der Waals surface area contributed by atoms with Crippen molar-refractivity contribution < 1.29 is 29.0 Å². The van der Waals surface area contributed by atoms with E-state index in [4.69, 9.17) is 4.74 Å². The zero-order valence-electron chi connectivity index (χ0n) is 19.0. The molecule has 0 aliphatic carbocycles. The number of likely N-dealkylation sites (tertiary alicyclic amines) is 1. The number of methoxy groups -OCH3 is 1. The zero-order chi connectivity index (χ0) is 23.8. The standard InChI is InChI=1S/C23H30N4O6/c1-15(28)24-7-6-20(30)25-10-18-9-19(29)11-27(18)23(12-25)13-26(14-23)21(31)16-4-3-5-17(8-16)22(32)33-2/h3-5,8,18-19,29H,6-7,9-14H2,1-2H3,(H,24,28)/t18-,19-/m1/s1. The number of carbonyl (C=O) groups excluding carboxylic acids is 4. The van der Waals surface area contributed by atoms with Crippen molar-refractivity contribution in [3.05, 3.63) is 35.4 Å². The van der Waals surface area contributed by atoms with Crippen LogP contribution in [0.25, 0.3) is 0 Å². The molecule has 1 spiro atoms. The molecule has 1 aromatic rings. The number of hydrogen-bond donors (Lipinski definition) is 2. The van der Waals surface area contributed by atoms with Gasteiger partial charge in [-0.1, -0.05) is 6.07 Å². The maximum Gasteiger partial charge on any atom is 0.337 e. The molecular formula is C23H30N4O6. The van der Waals surface area contributed by atoms with Crippen molar-refractivity contribution in [2.24, 2.45) is 0 Å². The summed E-state index contributed by atoms with van der Waals surface area (Å²) in [5.74, 6) is -0.900. The Hall–Kier alpha value is -2.98. The number of aliphatic hydroxyl groups is 1. The van der Waals surface area contributed by atoms with Gasteiger partial charge in [0.2, 0.25) is 11.8 Å². The van der Waals surface area contributed by atoms with Crippen molar-refractivity contribution in [3.63, 3.8) is 0 Å². The normalized spacial score (nSPS) is 23.6. The number of ether oxygens (including phenoxy) is 1. The fourth-order valence-electron chi connectivity index (χ4n) is 5.27. The third-order valence-corrected chi connectivity index (χ3v) is 6.77. The molecule has 10 heteroatoms. The summed E-state index contributed by atoms with van der Waals surface area (Å²) in [6.45, 7) is 4.11. The molecule has 4 rings (SSSR count). The first-order valence-corrected chi connectivity index (χ1v) is 11.2. The Labute approximate surface area is 192 Å². The monoisotopic (exact) mass is 458 g/mol. The van der Waals surface area contributed by atoms with Crippen LogP contribution < -0.4 is 5.32 Å². The van der Waals surface area contributed by atoms with Crippen LogP contribution >= 0.6 is 0 Å². The van der Waals surface area contributed by atoms with Crippen molar-refractivity contribution in [1.29, 1.82) is 0 Å². The summed E-state index contributed by atoms with van der Waals surface area (Å²) in [5.41, 5.74) is 0.319. The van der Waals surface area contributed by atoms with Gasteiger partial charge in [-0.15, -0.1) is 0 Å². The molecule has 1 aromatic carbocycles. The first kappa shape index (κ1) is 23.2. The van der Waals surface area contributed by atoms with E-state index in [2.05, 4.69) is 10.2 Å². The zero-order valence-corrected chi connectivity index (χ0v) is 19.0. The number of hydrogen-bond acceptors (Lipinski definition) is 7. The van der Waals surface area contributed by atoms with Gasteiger partial charge in [0.25, 0.3) is 5.91 Å². The molecule has 3 fully saturated rings. The number of amides is 3. The molecule has 0 unspecified atom stereocenters. The first-order valence-electron chi connectivity index (χ1n) is 11.2. The molecule has 3 aliphatic rings. The summed E-state index contributed by atoms with van der Waals surface area (Å²) < 4.78 is 4.74. The maximum absolute atomic E-state index is 13.1. The summed E-state index contributed by atoms with van der Waals surface area (Å²) in [4.78, 5) is 54.6. The van der Waals surface area contributed by atoms with Gasteiger partial charge in [-0.05, 0) is 24.6 Å². The number of benzene rings is 1. The van der Waals surface area contributed by atoms with Gasteiger partial charge in [-0.3, -0.25) is 19.3 Å². The smallest absolute Gasteiger partial charge is 0.337 e. The van der Waals surface area contributed by atoms with E-state index in [0.717, 1.165) is 0 Å². The van der Waals surface area contributed by atoms with Crippen LogP contribution in [0.3, 0.4) is 0 Å². The lowest BCUT2D eigenvalue weighted by Gasteiger charge is -2.60. The number of aliphatic hydroxyl groups excluding tert-OH is 1. The first-order chi connectivity index (χ1) is 15.7. The SMILES string of the molecule is COC(=O)c1cccc(C(=O)N2CC3(CN(C(=O)CCNC(C)=O)C[C@H]4C[C@@H](O)CN43)C2)c1. The summed E-state index contributed by atoms with van der Waals surface area (Å²) in [6.07, 6.45) is 0.350. The minimum absolute atomic E-state index is 0.0402. The van der Waals surface area contributed by atoms with Crippen LogP contribution in [0.1, 0.15) is 40.5 Å². The van der Waals surface area contributed by atoms with E-state index >= 15 is 0 Å². The van der Waals surface area contributed by atoms with Gasteiger partial charge in [-0.25, -0.2) is 4.79 Å². The highest BCUT2D eigenvalue weighted by Crippen LogP contribution is 2.39. The molecule has 3 heterocycles. The lowest BCUT2D eigenvalue weighted by atomic mass is 9.83. The van der Waals surface area contributed by atoms with Crippen LogP contribution in [0.5, 0.6) is 0 Å². The third-order valence-electron chi connectivity index (χ3n) is 6.77. The Balaban J connectivity index is 1.46. The van der Waals surface area contributed by atoms with Crippen LogP contribution in [0.4, 0.5) is 0 Å². The number of carbonyl (C=O) groups is 4. The lowest BCUT2D eigenvalue weighted by Crippen LogP contribution is -2.79. The van der Waals surface area contributed by atoms with E-state index in [1.165, 1.54) is 20.1 Å². The van der Waals surface area contributed by atoms with E-state index in [-0.39, 0.29) is 36.7 Å². The van der Waals surface area contributed by atoms with E-state index in [1.807, 2.05) is 0 Å². The summed E-state index contributed by atoms with van der Waals surface area (Å²) in [5, 5.41) is 12.9. The molecule has 2 N–H and O–H groups in total. The molecule has 3 saturated heterocycles. The molecule has 3 aliphatic heterocycles. The fraction of sp³-hybridized carbons (Fsp3) is 0.565. The largest absolute Gasteiger partial charge is 0.465 e. The highest BCUT2D eigenvalue weighted by molar-refractivity contribution is 5.98. The van der Waals surface area contributed by atoms with E-state index in [1.54, 1.807) is 28.0 Å². The molecule has 178 valence electrons. The third kappa shape index (κ3) is 4.58. The Morgan fingerprint density at radius 2 is 1.82 bits per heavy atom. The number of piperazine rings is 1. The van der Waals surface area contributed by atoms with E-state index in [0.29, 0.717) is 50.3 Å². The van der Waals surface area contributed by atoms with Crippen molar-refractivity contribution >= 4 is 23.7 Å². The second-order valence-corrected chi connectivity index (χ2v) is 9.16. The van der Waals surface area contributed by atoms with Gasteiger partial charge in [-0.2, -0.15) is 0 Å². The number of nitrogens with zero attached hydrogens (tertiary/aromatic N) is 3. The molecule has 0 aromatic heterocycles. The van der Waals surface area contributed by atoms with Crippen molar-refractivity contribution in [3.8, 4) is 0 Å². The quantitative estimate of drug-likeness (QED) is 0.570. The average Bonchev–Trinajstić information content (AvgIpc) is 3.16. The van der Waals surface area contributed by atoms with Gasteiger partial charge in [0, 0.05) is 64.2 Å². The van der Waals surface area contributed by atoms with Crippen molar-refractivity contribution in [1.82, 2.24) is 20.0 Å². The minimum Gasteiger partial charge on any atom is -0.465 e. The fourth-order valence-corrected chi connectivity index (χ4v) is 5.27. The summed E-state index contributed by atoms with van der Waals surface area (Å²) in [6, 6.07) is 6.49. The number of rotatable bonds is 5. The number of fused-ring (bicyclic) bond motifs is 2. The predicted octanol–water partition coefficient (Wildman–Crippen LogP) is -0.529. The average molecular weight is 459 g/mol. The predicted molar refractivity (Wildman–Crippen MR) is 117 cm³/mol. The summed E-state index contributed by atoms with van der Waals surface area (Å²) >= 11 is 0. The Bertz CT molecular complexity index is 960. The van der Waals surface area contributed by atoms with Gasteiger partial charge < -0.3 is 25.0 Å². The minimum atomic E-state index is -0.501. The Morgan fingerprint density at radius 1 is 1.12 bits per heavy atom. The number of β-amino-alcohol motifs (C(OH)–C–C–N with tert-alkyl or cyclic N) is 1. The highest BCUT2D eigenvalue weighted by Gasteiger charge is 2.57. The second kappa shape index (κ2) is 9.11. The topological polar surface area (TPSA) is 119 Å². The highest BCUT2D eigenvalue weighted by atomic mass is 16.5. The molecule has 3 amide bonds. The molecule has 0 bridgehead atoms. The van der Waals surface area contributed by atoms with Crippen LogP contribution in [-0.4, -0.2) is 108 Å². The molecule has 0 saturated carbocycles. The lowest BCUT2D eigenvalue weighted by molar-refractivity contribution is -0.146. The molecule has 2 atom stereocenters. The Morgan fingerprint density at radius 3 is 2.52 bits per heavy atom. The van der Waals surface area contributed by atoms with Crippen LogP contribution in [0.2, 0.25) is 0 Å². The van der Waals surface area contributed by atoms with Gasteiger partial charge >= 0.3 is 5.97 Å². The summed E-state index contributed by atoms with van der Waals surface area (Å²) in [7, 11) is 1.29. The molecular weight excluding hydrogens is 428 g/mol. The molecule has 33 heavy (non-hydrogen) atoms. The molecule has 10 nitrogen and oxygen atoms in total. The van der Waals surface area contributed by atoms with Crippen LogP contribution in [-0.2, 0) is 14.3 Å². The van der Waals surface area contributed by atoms with Gasteiger partial charge in [0.15, 0.2) is 0 Å². The van der Waals surface area contributed by atoms with Crippen LogP contribution in [0.15, 0.2) is 24.3 Å². The van der Waals surface area contributed by atoms with Gasteiger partial charge in [0.05, 0.1) is 24.3 Å². The number of esters is 1. The van der Waals surface area contributed by atoms with Crippen molar-refractivity contribution in [2.45, 2.75) is 37.5 Å².